The van der Waals surface area contributed by atoms with E-state index in [1.54, 1.807) is 12.3 Å². The quantitative estimate of drug-likeness (QED) is 0.871. The number of rotatable bonds is 4. The molecule has 1 saturated carbocycles. The molecule has 0 amide bonds. The van der Waals surface area contributed by atoms with Gasteiger partial charge in [-0.15, -0.1) is 0 Å². The fraction of sp³-hybridized carbons (Fsp3) is 0.350. The highest BCUT2D eigenvalue weighted by Gasteiger charge is 2.15. The van der Waals surface area contributed by atoms with Crippen molar-refractivity contribution in [2.45, 2.75) is 38.5 Å². The summed E-state index contributed by atoms with van der Waals surface area (Å²) in [5, 5.41) is 1.59. The second kappa shape index (κ2) is 7.32. The van der Waals surface area contributed by atoms with E-state index < -0.39 is 0 Å². The molecule has 0 radical (unpaired) electrons. The predicted molar refractivity (Wildman–Crippen MR) is 95.0 cm³/mol. The lowest BCUT2D eigenvalue weighted by molar-refractivity contribution is 0.354. The summed E-state index contributed by atoms with van der Waals surface area (Å²) in [7, 11) is 0. The van der Waals surface area contributed by atoms with Crippen LogP contribution in [0.5, 0.6) is 0 Å². The molecule has 1 aliphatic carbocycles. The molecule has 1 aliphatic rings. The highest BCUT2D eigenvalue weighted by Crippen LogP contribution is 2.26. The molecule has 2 heterocycles. The van der Waals surface area contributed by atoms with E-state index in [9.17, 15) is 0 Å². The zero-order valence-electron chi connectivity index (χ0n) is 13.5. The van der Waals surface area contributed by atoms with Crippen LogP contribution in [0.4, 0.5) is 0 Å². The lowest BCUT2D eigenvalue weighted by Crippen LogP contribution is -2.28. The molecule has 118 valence electrons. The fourth-order valence-electron chi connectivity index (χ4n) is 3.20. The van der Waals surface area contributed by atoms with E-state index in [0.29, 0.717) is 5.82 Å². The van der Waals surface area contributed by atoms with Gasteiger partial charge in [0.05, 0.1) is 5.35 Å². The summed E-state index contributed by atoms with van der Waals surface area (Å²) in [6.45, 7) is 7.66. The third kappa shape index (κ3) is 3.92. The van der Waals surface area contributed by atoms with Crippen molar-refractivity contribution >= 4 is 12.7 Å². The maximum absolute atomic E-state index is 4.78. The Labute approximate surface area is 137 Å². The van der Waals surface area contributed by atoms with Crippen LogP contribution in [0.25, 0.3) is 24.2 Å². The summed E-state index contributed by atoms with van der Waals surface area (Å²) in [5.41, 5.74) is 1.97. The molecule has 0 unspecified atom stereocenters. The lowest BCUT2D eigenvalue weighted by Gasteiger charge is -2.21. The van der Waals surface area contributed by atoms with Crippen LogP contribution in [0.1, 0.15) is 37.8 Å². The first-order valence-corrected chi connectivity index (χ1v) is 8.37. The molecule has 3 rings (SSSR count). The van der Waals surface area contributed by atoms with Gasteiger partial charge in [0.2, 0.25) is 0 Å². The monoisotopic (exact) mass is 305 g/mol. The Hall–Kier alpha value is -2.29. The van der Waals surface area contributed by atoms with Gasteiger partial charge in [0, 0.05) is 17.1 Å². The van der Waals surface area contributed by atoms with Crippen molar-refractivity contribution in [2.24, 2.45) is 5.92 Å². The molecule has 0 spiro atoms. The zero-order chi connectivity index (χ0) is 16.1. The van der Waals surface area contributed by atoms with Crippen LogP contribution in [0, 0.1) is 5.92 Å². The molecular formula is C20H23N3. The Morgan fingerprint density at radius 2 is 1.96 bits per heavy atom. The third-order valence-electron chi connectivity index (χ3n) is 4.43. The van der Waals surface area contributed by atoms with Gasteiger partial charge in [0.1, 0.15) is 5.69 Å². The molecule has 0 atom stereocenters. The number of hydrogen-bond donors (Lipinski definition) is 0. The Bertz CT molecular complexity index is 789. The van der Waals surface area contributed by atoms with Gasteiger partial charge < -0.3 is 0 Å². The SMILES string of the molecule is C=C/C=c1/nc(-c2cccc(CC3CCCCC3)n2)ncc1=C. The van der Waals surface area contributed by atoms with Gasteiger partial charge in [-0.1, -0.05) is 57.4 Å². The average Bonchev–Trinajstić information content (AvgIpc) is 2.58. The maximum atomic E-state index is 4.78. The number of nitrogens with zero attached hydrogens (tertiary/aromatic N) is 3. The first-order chi connectivity index (χ1) is 11.3. The van der Waals surface area contributed by atoms with Gasteiger partial charge in [-0.05, 0) is 30.5 Å². The second-order valence-electron chi connectivity index (χ2n) is 6.23. The standard InChI is InChI=1S/C20H23N3/c1-3-8-18-15(2)14-21-20(23-18)19-12-7-11-17(22-19)13-16-9-5-4-6-10-16/h3,7-8,11-12,14,16H,1-2,4-6,9-10,13H2/b18-8+. The smallest absolute Gasteiger partial charge is 0.178 e. The number of pyridine rings is 1. The Morgan fingerprint density at radius 1 is 1.13 bits per heavy atom. The van der Waals surface area contributed by atoms with Crippen LogP contribution in [-0.4, -0.2) is 15.0 Å². The van der Waals surface area contributed by atoms with Crippen molar-refractivity contribution in [1.82, 2.24) is 15.0 Å². The summed E-state index contributed by atoms with van der Waals surface area (Å²) in [6, 6.07) is 6.14. The average molecular weight is 305 g/mol. The minimum atomic E-state index is 0.649. The molecule has 3 nitrogen and oxygen atoms in total. The first kappa shape index (κ1) is 15.6. The minimum Gasteiger partial charge on any atom is -0.249 e. The van der Waals surface area contributed by atoms with E-state index in [4.69, 9.17) is 4.98 Å². The Morgan fingerprint density at radius 3 is 2.74 bits per heavy atom. The number of aromatic nitrogens is 3. The van der Waals surface area contributed by atoms with Crippen LogP contribution >= 0.6 is 0 Å². The predicted octanol–water partition coefficient (Wildman–Crippen LogP) is 3.04. The van der Waals surface area contributed by atoms with Gasteiger partial charge in [-0.25, -0.2) is 15.0 Å². The highest BCUT2D eigenvalue weighted by molar-refractivity contribution is 5.49. The van der Waals surface area contributed by atoms with E-state index in [-0.39, 0.29) is 0 Å². The summed E-state index contributed by atoms with van der Waals surface area (Å²) >= 11 is 0. The van der Waals surface area contributed by atoms with Crippen LogP contribution in [0.3, 0.4) is 0 Å². The normalized spacial score (nSPS) is 16.4. The van der Waals surface area contributed by atoms with Gasteiger partial charge in [0.15, 0.2) is 5.82 Å². The van der Waals surface area contributed by atoms with E-state index in [1.807, 2.05) is 12.1 Å². The Kier molecular flexibility index (Phi) is 4.96. The van der Waals surface area contributed by atoms with Crippen molar-refractivity contribution in [1.29, 1.82) is 0 Å². The summed E-state index contributed by atoms with van der Waals surface area (Å²) in [4.78, 5) is 13.7. The summed E-state index contributed by atoms with van der Waals surface area (Å²) < 4.78 is 0. The zero-order valence-corrected chi connectivity index (χ0v) is 13.5. The molecule has 23 heavy (non-hydrogen) atoms. The van der Waals surface area contributed by atoms with E-state index in [2.05, 4.69) is 35.3 Å². The Balaban J connectivity index is 1.87. The van der Waals surface area contributed by atoms with Crippen molar-refractivity contribution in [3.8, 4) is 11.5 Å². The molecule has 2 aromatic heterocycles. The fourth-order valence-corrected chi connectivity index (χ4v) is 3.20. The van der Waals surface area contributed by atoms with Crippen molar-refractivity contribution < 1.29 is 0 Å². The number of allylic oxidation sites excluding steroid dienone is 1. The molecule has 0 N–H and O–H groups in total. The largest absolute Gasteiger partial charge is 0.249 e. The van der Waals surface area contributed by atoms with Gasteiger partial charge >= 0.3 is 0 Å². The molecule has 0 aromatic carbocycles. The third-order valence-corrected chi connectivity index (χ3v) is 4.43. The van der Waals surface area contributed by atoms with Crippen LogP contribution in [0.2, 0.25) is 0 Å². The molecule has 3 heteroatoms. The highest BCUT2D eigenvalue weighted by atomic mass is 14.9. The number of hydrogen-bond acceptors (Lipinski definition) is 3. The first-order valence-electron chi connectivity index (χ1n) is 8.37. The molecule has 0 aliphatic heterocycles. The molecule has 0 bridgehead atoms. The van der Waals surface area contributed by atoms with E-state index in [1.165, 1.54) is 32.1 Å². The minimum absolute atomic E-state index is 0.649. The molecular weight excluding hydrogens is 282 g/mol. The molecule has 2 aromatic rings. The topological polar surface area (TPSA) is 38.7 Å². The van der Waals surface area contributed by atoms with Crippen LogP contribution in [0.15, 0.2) is 37.1 Å². The van der Waals surface area contributed by atoms with E-state index >= 15 is 0 Å². The summed E-state index contributed by atoms with van der Waals surface area (Å²) in [5.74, 6) is 1.43. The van der Waals surface area contributed by atoms with Gasteiger partial charge in [-0.3, -0.25) is 0 Å². The van der Waals surface area contributed by atoms with E-state index in [0.717, 1.165) is 34.3 Å². The molecule has 1 fully saturated rings. The van der Waals surface area contributed by atoms with Gasteiger partial charge in [-0.2, -0.15) is 0 Å². The summed E-state index contributed by atoms with van der Waals surface area (Å²) in [6.07, 6.45) is 13.1. The maximum Gasteiger partial charge on any atom is 0.178 e. The van der Waals surface area contributed by atoms with Crippen LogP contribution in [-0.2, 0) is 6.42 Å². The van der Waals surface area contributed by atoms with Gasteiger partial charge in [0.25, 0.3) is 0 Å². The van der Waals surface area contributed by atoms with Crippen molar-refractivity contribution in [3.63, 3.8) is 0 Å². The van der Waals surface area contributed by atoms with Crippen LogP contribution < -0.4 is 10.6 Å². The molecule has 0 saturated heterocycles. The van der Waals surface area contributed by atoms with Crippen molar-refractivity contribution in [3.05, 3.63) is 53.3 Å². The second-order valence-corrected chi connectivity index (χ2v) is 6.23. The lowest BCUT2D eigenvalue weighted by atomic mass is 9.86. The van der Waals surface area contributed by atoms with Crippen molar-refractivity contribution in [2.75, 3.05) is 0 Å².